The number of unbranched alkanes of at least 4 members (excludes halogenated alkanes) is 2. The average molecular weight is 709 g/mol. The predicted octanol–water partition coefficient (Wildman–Crippen LogP) is 1.14. The number of carbonyl (C=O) groups is 7. The first-order valence-corrected chi connectivity index (χ1v) is 18.0. The number of nitrogens with zero attached hydrogens (tertiary/aromatic N) is 3. The molecular formula is C37H52N6O8. The zero-order valence-corrected chi connectivity index (χ0v) is 30.3. The van der Waals surface area contributed by atoms with Crippen LogP contribution in [0.2, 0.25) is 0 Å². The Labute approximate surface area is 299 Å². The van der Waals surface area contributed by atoms with Crippen LogP contribution in [0.5, 0.6) is 0 Å². The van der Waals surface area contributed by atoms with Crippen molar-refractivity contribution in [2.75, 3.05) is 26.7 Å². The van der Waals surface area contributed by atoms with Crippen molar-refractivity contribution < 1.29 is 38.3 Å². The van der Waals surface area contributed by atoms with Crippen LogP contribution in [0.25, 0.3) is 0 Å². The number of esters is 1. The first-order chi connectivity index (χ1) is 24.3. The number of ether oxygens (including phenoxy) is 1. The van der Waals surface area contributed by atoms with Gasteiger partial charge in [-0.05, 0) is 64.5 Å². The smallest absolute Gasteiger partial charge is 0.328 e. The molecule has 14 nitrogen and oxygen atoms in total. The Bertz CT molecular complexity index is 1510. The monoisotopic (exact) mass is 708 g/mol. The lowest BCUT2D eigenvalue weighted by Crippen LogP contribution is -2.60. The molecule has 3 fully saturated rings. The number of nitrogens with one attached hydrogen (secondary N) is 3. The van der Waals surface area contributed by atoms with E-state index in [1.54, 1.807) is 6.08 Å². The molecular weight excluding hydrogens is 656 g/mol. The number of rotatable bonds is 9. The summed E-state index contributed by atoms with van der Waals surface area (Å²) < 4.78 is 5.65. The molecule has 3 N–H and O–H groups in total. The molecule has 3 aliphatic heterocycles. The van der Waals surface area contributed by atoms with Crippen LogP contribution >= 0.6 is 0 Å². The van der Waals surface area contributed by atoms with E-state index >= 15 is 0 Å². The summed E-state index contributed by atoms with van der Waals surface area (Å²) in [6.45, 7) is 6.94. The van der Waals surface area contributed by atoms with Crippen LogP contribution in [0.3, 0.4) is 0 Å². The van der Waals surface area contributed by atoms with Crippen LogP contribution in [-0.4, -0.2) is 119 Å². The molecule has 51 heavy (non-hydrogen) atoms. The first kappa shape index (κ1) is 39.0. The fourth-order valence-electron chi connectivity index (χ4n) is 6.73. The number of benzene rings is 1. The second kappa shape index (κ2) is 18.0. The van der Waals surface area contributed by atoms with Crippen LogP contribution in [-0.2, 0) is 44.7 Å². The van der Waals surface area contributed by atoms with Crippen LogP contribution in [0.1, 0.15) is 76.8 Å². The largest absolute Gasteiger partial charge is 0.461 e. The SMILES string of the molecule is CCCCC=CC(=O)N[C@@H](Cc1cccc(C)c1)C(=O)N[C@H]1COC(=O)[C@@H]2CCCN2C(=O)[C@H](C)NC(=O)[C@H](C)N(C)C(=O)[C@@H]2CCCN2C1=O. The third-order valence-corrected chi connectivity index (χ3v) is 9.82. The molecule has 0 bridgehead atoms. The Morgan fingerprint density at radius 1 is 1.00 bits per heavy atom. The fourth-order valence-corrected chi connectivity index (χ4v) is 6.73. The number of amides is 6. The molecule has 6 amide bonds. The van der Waals surface area contributed by atoms with Crippen LogP contribution in [0.15, 0.2) is 36.4 Å². The molecule has 1 aromatic rings. The van der Waals surface area contributed by atoms with Gasteiger partial charge in [0.2, 0.25) is 35.4 Å². The Kier molecular flexibility index (Phi) is 13.7. The summed E-state index contributed by atoms with van der Waals surface area (Å²) in [4.78, 5) is 98.9. The van der Waals surface area contributed by atoms with Gasteiger partial charge in [-0.3, -0.25) is 28.8 Å². The number of fused-ring (bicyclic) bond motifs is 2. The molecule has 0 saturated carbocycles. The van der Waals surface area contributed by atoms with E-state index in [1.165, 1.54) is 41.7 Å². The number of likely N-dealkylation sites (N-methyl/N-ethyl adjacent to an activating group) is 1. The quantitative estimate of drug-likeness (QED) is 0.195. The van der Waals surface area contributed by atoms with Crippen LogP contribution in [0.4, 0.5) is 0 Å². The third-order valence-electron chi connectivity index (χ3n) is 9.82. The van der Waals surface area contributed by atoms with E-state index in [2.05, 4.69) is 16.0 Å². The van der Waals surface area contributed by atoms with Crippen LogP contribution in [0, 0.1) is 6.92 Å². The van der Waals surface area contributed by atoms with E-state index in [4.69, 9.17) is 4.74 Å². The van der Waals surface area contributed by atoms with Crippen molar-refractivity contribution >= 4 is 41.4 Å². The lowest BCUT2D eigenvalue weighted by Gasteiger charge is -2.34. The topological polar surface area (TPSA) is 175 Å². The molecule has 3 aliphatic rings. The van der Waals surface area contributed by atoms with Crippen molar-refractivity contribution in [2.45, 2.75) is 115 Å². The molecule has 0 radical (unpaired) electrons. The number of carbonyl (C=O) groups excluding carboxylic acids is 7. The molecule has 0 aliphatic carbocycles. The minimum absolute atomic E-state index is 0.121. The second-order valence-corrected chi connectivity index (χ2v) is 13.7. The maximum absolute atomic E-state index is 14.2. The highest BCUT2D eigenvalue weighted by molar-refractivity contribution is 5.98. The Balaban J connectivity index is 1.65. The highest BCUT2D eigenvalue weighted by atomic mass is 16.5. The Hall–Kier alpha value is -4.75. The summed E-state index contributed by atoms with van der Waals surface area (Å²) in [5.74, 6) is -4.04. The maximum Gasteiger partial charge on any atom is 0.328 e. The van der Waals surface area contributed by atoms with E-state index < -0.39 is 84.3 Å². The summed E-state index contributed by atoms with van der Waals surface area (Å²) in [5, 5.41) is 8.15. The lowest BCUT2D eigenvalue weighted by molar-refractivity contribution is -0.158. The van der Waals surface area contributed by atoms with Gasteiger partial charge in [0, 0.05) is 26.6 Å². The molecule has 3 saturated heterocycles. The van der Waals surface area contributed by atoms with E-state index in [0.29, 0.717) is 32.1 Å². The minimum Gasteiger partial charge on any atom is -0.461 e. The molecule has 278 valence electrons. The van der Waals surface area contributed by atoms with Gasteiger partial charge >= 0.3 is 5.97 Å². The maximum atomic E-state index is 14.2. The molecule has 3 heterocycles. The standard InChI is InChI=1S/C37H52N6O8/c1-6-7-8-9-17-31(44)39-27(21-26-14-10-13-23(2)20-26)33(46)40-28-22-51-37(50)30-16-12-19-43(30)34(47)24(3)38-32(45)25(4)41(5)36(49)29-15-11-18-42(29)35(28)48/h9-10,13-14,17,20,24-25,27-30H,6-8,11-12,15-16,18-19,21-22H2,1-5H3,(H,38,45)(H,39,44)(H,40,46)/t24-,25-,27-,28-,29-,30-/m0/s1. The van der Waals surface area contributed by atoms with Gasteiger partial charge in [0.15, 0.2) is 0 Å². The predicted molar refractivity (Wildman–Crippen MR) is 188 cm³/mol. The molecule has 0 unspecified atom stereocenters. The number of hydrogen-bond donors (Lipinski definition) is 3. The summed E-state index contributed by atoms with van der Waals surface area (Å²) >= 11 is 0. The lowest BCUT2D eigenvalue weighted by atomic mass is 10.0. The van der Waals surface area contributed by atoms with Crippen molar-refractivity contribution in [1.82, 2.24) is 30.7 Å². The van der Waals surface area contributed by atoms with Crippen molar-refractivity contribution in [3.05, 3.63) is 47.5 Å². The van der Waals surface area contributed by atoms with Crippen molar-refractivity contribution in [1.29, 1.82) is 0 Å². The minimum atomic E-state index is -1.41. The van der Waals surface area contributed by atoms with E-state index in [0.717, 1.165) is 24.0 Å². The second-order valence-electron chi connectivity index (χ2n) is 13.7. The summed E-state index contributed by atoms with van der Waals surface area (Å²) in [6, 6.07) is 1.20. The summed E-state index contributed by atoms with van der Waals surface area (Å²) in [7, 11) is 1.47. The fraction of sp³-hybridized carbons (Fsp3) is 0.595. The van der Waals surface area contributed by atoms with Gasteiger partial charge in [-0.2, -0.15) is 0 Å². The molecule has 4 rings (SSSR count). The number of aryl methyl sites for hydroxylation is 1. The van der Waals surface area contributed by atoms with Gasteiger partial charge in [-0.15, -0.1) is 0 Å². The van der Waals surface area contributed by atoms with Crippen molar-refractivity contribution in [3.63, 3.8) is 0 Å². The van der Waals surface area contributed by atoms with Gasteiger partial charge in [-0.1, -0.05) is 55.7 Å². The molecule has 0 spiro atoms. The molecule has 6 atom stereocenters. The van der Waals surface area contributed by atoms with Gasteiger partial charge < -0.3 is 35.4 Å². The highest BCUT2D eigenvalue weighted by Gasteiger charge is 2.43. The van der Waals surface area contributed by atoms with Gasteiger partial charge in [0.05, 0.1) is 0 Å². The molecule has 0 aromatic heterocycles. The van der Waals surface area contributed by atoms with Gasteiger partial charge in [0.1, 0.15) is 42.9 Å². The van der Waals surface area contributed by atoms with Gasteiger partial charge in [-0.25, -0.2) is 4.79 Å². The zero-order chi connectivity index (χ0) is 37.2. The zero-order valence-electron chi connectivity index (χ0n) is 30.3. The molecule has 1 aromatic carbocycles. The number of hydrogen-bond acceptors (Lipinski definition) is 8. The van der Waals surface area contributed by atoms with Crippen molar-refractivity contribution in [2.24, 2.45) is 0 Å². The van der Waals surface area contributed by atoms with Crippen LogP contribution < -0.4 is 16.0 Å². The summed E-state index contributed by atoms with van der Waals surface area (Å²) in [6.07, 6.45) is 7.51. The Morgan fingerprint density at radius 2 is 1.69 bits per heavy atom. The van der Waals surface area contributed by atoms with E-state index in [-0.39, 0.29) is 19.5 Å². The van der Waals surface area contributed by atoms with E-state index in [1.807, 2.05) is 38.1 Å². The Morgan fingerprint density at radius 3 is 2.37 bits per heavy atom. The number of cyclic esters (lactones) is 1. The van der Waals surface area contributed by atoms with E-state index in [9.17, 15) is 33.6 Å². The normalized spacial score (nSPS) is 25.7. The summed E-state index contributed by atoms with van der Waals surface area (Å²) in [5.41, 5.74) is 1.75. The average Bonchev–Trinajstić information content (AvgIpc) is 3.80. The molecule has 14 heteroatoms. The highest BCUT2D eigenvalue weighted by Crippen LogP contribution is 2.23. The first-order valence-electron chi connectivity index (χ1n) is 18.0. The number of allylic oxidation sites excluding steroid dienone is 1. The van der Waals surface area contributed by atoms with Crippen molar-refractivity contribution in [3.8, 4) is 0 Å². The third kappa shape index (κ3) is 9.95. The van der Waals surface area contributed by atoms with Gasteiger partial charge in [0.25, 0.3) is 0 Å².